The number of imide groups is 1. The smallest absolute Gasteiger partial charge is 0.319 e. The van der Waals surface area contributed by atoms with Gasteiger partial charge in [0.1, 0.15) is 6.04 Å². The number of aromatic nitrogens is 1. The summed E-state index contributed by atoms with van der Waals surface area (Å²) in [7, 11) is 0. The summed E-state index contributed by atoms with van der Waals surface area (Å²) in [6.45, 7) is 0.582. The Labute approximate surface area is 207 Å². The Morgan fingerprint density at radius 1 is 0.972 bits per heavy atom. The molecule has 1 atom stereocenters. The molecule has 0 bridgehead atoms. The van der Waals surface area contributed by atoms with E-state index in [4.69, 9.17) is 0 Å². The van der Waals surface area contributed by atoms with Crippen LogP contribution in [0, 0.1) is 0 Å². The lowest BCUT2D eigenvalue weighted by molar-refractivity contribution is -0.136. The molecule has 1 saturated heterocycles. The highest BCUT2D eigenvalue weighted by atomic mass is 16.2. The van der Waals surface area contributed by atoms with Crippen molar-refractivity contribution in [2.45, 2.75) is 38.4 Å². The van der Waals surface area contributed by atoms with Crippen molar-refractivity contribution >= 4 is 29.4 Å². The largest absolute Gasteiger partial charge is 0.334 e. The van der Waals surface area contributed by atoms with Gasteiger partial charge in [0.25, 0.3) is 5.91 Å². The topological polar surface area (TPSA) is 120 Å². The molecule has 0 spiro atoms. The van der Waals surface area contributed by atoms with Crippen LogP contribution in [0.4, 0.5) is 10.5 Å². The minimum atomic E-state index is -0.647. The summed E-state index contributed by atoms with van der Waals surface area (Å²) in [5, 5.41) is 7.96. The van der Waals surface area contributed by atoms with E-state index < -0.39 is 11.9 Å². The lowest BCUT2D eigenvalue weighted by Crippen LogP contribution is -2.52. The number of carbonyl (C=O) groups is 4. The predicted octanol–water partition coefficient (Wildman–Crippen LogP) is 2.76. The maximum Gasteiger partial charge on any atom is 0.319 e. The van der Waals surface area contributed by atoms with Crippen LogP contribution < -0.4 is 16.0 Å². The molecule has 5 rings (SSSR count). The molecule has 1 fully saturated rings. The molecule has 1 aromatic heterocycles. The van der Waals surface area contributed by atoms with Gasteiger partial charge in [-0.2, -0.15) is 0 Å². The molecule has 3 heterocycles. The van der Waals surface area contributed by atoms with E-state index in [1.807, 2.05) is 42.5 Å². The van der Waals surface area contributed by atoms with Crippen LogP contribution in [0.1, 0.15) is 45.5 Å². The first-order valence-corrected chi connectivity index (χ1v) is 11.8. The minimum Gasteiger partial charge on any atom is -0.334 e. The first-order valence-electron chi connectivity index (χ1n) is 11.8. The number of fused-ring (bicyclic) bond motifs is 1. The molecule has 182 valence electrons. The first kappa shape index (κ1) is 23.2. The number of amides is 5. The number of hydrogen-bond acceptors (Lipinski definition) is 5. The van der Waals surface area contributed by atoms with E-state index in [0.717, 1.165) is 23.1 Å². The van der Waals surface area contributed by atoms with Gasteiger partial charge in [0.2, 0.25) is 11.8 Å². The monoisotopic (exact) mass is 483 g/mol. The van der Waals surface area contributed by atoms with E-state index in [0.29, 0.717) is 24.2 Å². The first-order chi connectivity index (χ1) is 17.5. The number of piperidine rings is 1. The fourth-order valence-electron chi connectivity index (χ4n) is 4.54. The molecule has 5 amide bonds. The summed E-state index contributed by atoms with van der Waals surface area (Å²) in [5.41, 5.74) is 5.17. The zero-order valence-electron chi connectivity index (χ0n) is 19.5. The van der Waals surface area contributed by atoms with Crippen LogP contribution in [0.15, 0.2) is 67.0 Å². The van der Waals surface area contributed by atoms with Gasteiger partial charge in [-0.25, -0.2) is 4.79 Å². The third kappa shape index (κ3) is 5.10. The average molecular weight is 484 g/mol. The van der Waals surface area contributed by atoms with Crippen molar-refractivity contribution in [2.75, 3.05) is 5.32 Å². The molecular weight excluding hydrogens is 458 g/mol. The summed E-state index contributed by atoms with van der Waals surface area (Å²) in [5.74, 6) is -0.964. The van der Waals surface area contributed by atoms with Gasteiger partial charge in [0.05, 0.1) is 0 Å². The van der Waals surface area contributed by atoms with Crippen LogP contribution in [0.3, 0.4) is 0 Å². The summed E-state index contributed by atoms with van der Waals surface area (Å²) in [6.07, 6.45) is 4.86. The van der Waals surface area contributed by atoms with Crippen molar-refractivity contribution in [3.63, 3.8) is 0 Å². The summed E-state index contributed by atoms with van der Waals surface area (Å²) >= 11 is 0. The zero-order valence-corrected chi connectivity index (χ0v) is 19.5. The minimum absolute atomic E-state index is 0.217. The van der Waals surface area contributed by atoms with Gasteiger partial charge in [-0.3, -0.25) is 24.7 Å². The molecule has 0 saturated carbocycles. The molecule has 9 heteroatoms. The van der Waals surface area contributed by atoms with Crippen LogP contribution in [0.25, 0.3) is 0 Å². The second-order valence-corrected chi connectivity index (χ2v) is 8.93. The molecule has 9 nitrogen and oxygen atoms in total. The molecule has 2 aliphatic heterocycles. The Kier molecular flexibility index (Phi) is 6.44. The second kappa shape index (κ2) is 9.99. The van der Waals surface area contributed by atoms with Crippen LogP contribution in [0.5, 0.6) is 0 Å². The lowest BCUT2D eigenvalue weighted by atomic mass is 10.0. The lowest BCUT2D eigenvalue weighted by Gasteiger charge is -2.29. The number of benzene rings is 2. The molecule has 3 N–H and O–H groups in total. The zero-order chi connectivity index (χ0) is 25.1. The standard InChI is InChI=1S/C27H25N5O4/c33-24-8-7-23(25(34)31-24)32-16-20-14-19(3-6-22(20)26(32)35)15-29-27(36)30-21-4-1-17(2-5-21)13-18-9-11-28-12-10-18/h1-6,9-12,14,23H,7-8,13,15-16H2,(H2,29,30,36)(H,31,33,34). The highest BCUT2D eigenvalue weighted by Gasteiger charge is 2.39. The van der Waals surface area contributed by atoms with Gasteiger partial charge in [0, 0.05) is 43.2 Å². The Morgan fingerprint density at radius 2 is 1.69 bits per heavy atom. The van der Waals surface area contributed by atoms with E-state index in [1.165, 1.54) is 10.5 Å². The quantitative estimate of drug-likeness (QED) is 0.466. The van der Waals surface area contributed by atoms with Crippen molar-refractivity contribution in [3.8, 4) is 0 Å². The van der Waals surface area contributed by atoms with E-state index in [9.17, 15) is 19.2 Å². The summed E-state index contributed by atoms with van der Waals surface area (Å²) in [4.78, 5) is 54.4. The van der Waals surface area contributed by atoms with Crippen LogP contribution in [0.2, 0.25) is 0 Å². The molecule has 0 aliphatic carbocycles. The van der Waals surface area contributed by atoms with Gasteiger partial charge in [-0.15, -0.1) is 0 Å². The number of nitrogens with one attached hydrogen (secondary N) is 3. The fourth-order valence-corrected chi connectivity index (χ4v) is 4.54. The van der Waals surface area contributed by atoms with Gasteiger partial charge in [0.15, 0.2) is 0 Å². The Hall–Kier alpha value is -4.53. The maximum atomic E-state index is 12.8. The van der Waals surface area contributed by atoms with Crippen LogP contribution in [-0.4, -0.2) is 39.7 Å². The van der Waals surface area contributed by atoms with Gasteiger partial charge >= 0.3 is 6.03 Å². The average Bonchev–Trinajstić information content (AvgIpc) is 3.20. The van der Waals surface area contributed by atoms with E-state index >= 15 is 0 Å². The van der Waals surface area contributed by atoms with Crippen LogP contribution in [-0.2, 0) is 29.1 Å². The van der Waals surface area contributed by atoms with Crippen molar-refractivity contribution in [2.24, 2.45) is 0 Å². The van der Waals surface area contributed by atoms with E-state index in [-0.39, 0.29) is 30.8 Å². The SMILES string of the molecule is O=C1CCC(N2Cc3cc(CNC(=O)Nc4ccc(Cc5ccncc5)cc4)ccc3C2=O)C(=O)N1. The Bertz CT molecular complexity index is 1320. The normalized spacial score (nSPS) is 16.9. The molecule has 1 unspecified atom stereocenters. The Morgan fingerprint density at radius 3 is 2.44 bits per heavy atom. The molecule has 2 aromatic carbocycles. The molecule has 36 heavy (non-hydrogen) atoms. The molecule has 2 aliphatic rings. The number of hydrogen-bond donors (Lipinski definition) is 3. The van der Waals surface area contributed by atoms with Gasteiger partial charge in [-0.1, -0.05) is 24.3 Å². The van der Waals surface area contributed by atoms with Gasteiger partial charge < -0.3 is 15.5 Å². The fraction of sp³-hybridized carbons (Fsp3) is 0.222. The number of rotatable bonds is 6. The maximum absolute atomic E-state index is 12.8. The van der Waals surface area contributed by atoms with Crippen molar-refractivity contribution in [3.05, 3.63) is 94.8 Å². The highest BCUT2D eigenvalue weighted by Crippen LogP contribution is 2.28. The number of anilines is 1. The third-order valence-corrected chi connectivity index (χ3v) is 6.41. The molecule has 0 radical (unpaired) electrons. The van der Waals surface area contributed by atoms with Gasteiger partial charge in [-0.05, 0) is 65.4 Å². The van der Waals surface area contributed by atoms with Crippen molar-refractivity contribution in [1.82, 2.24) is 20.5 Å². The van der Waals surface area contributed by atoms with Crippen molar-refractivity contribution in [1.29, 1.82) is 0 Å². The summed E-state index contributed by atoms with van der Waals surface area (Å²) < 4.78 is 0. The number of nitrogens with zero attached hydrogens (tertiary/aromatic N) is 2. The third-order valence-electron chi connectivity index (χ3n) is 6.41. The highest BCUT2D eigenvalue weighted by molar-refractivity contribution is 6.05. The van der Waals surface area contributed by atoms with E-state index in [1.54, 1.807) is 24.5 Å². The molecule has 3 aromatic rings. The number of carbonyl (C=O) groups excluding carboxylic acids is 4. The second-order valence-electron chi connectivity index (χ2n) is 8.93. The predicted molar refractivity (Wildman–Crippen MR) is 132 cm³/mol. The van der Waals surface area contributed by atoms with Crippen molar-refractivity contribution < 1.29 is 19.2 Å². The Balaban J connectivity index is 1.15. The van der Waals surface area contributed by atoms with E-state index in [2.05, 4.69) is 20.9 Å². The summed E-state index contributed by atoms with van der Waals surface area (Å²) in [6, 6.07) is 16.0. The number of urea groups is 1. The van der Waals surface area contributed by atoms with Crippen LogP contribution >= 0.6 is 0 Å². The number of pyridine rings is 1. The molecular formula is C27H25N5O4.